The van der Waals surface area contributed by atoms with Crippen molar-refractivity contribution in [2.24, 2.45) is 0 Å². The number of piperidine rings is 1. The first kappa shape index (κ1) is 11.2. The van der Waals surface area contributed by atoms with Crippen LogP contribution < -0.4 is 0 Å². The summed E-state index contributed by atoms with van der Waals surface area (Å²) in [4.78, 5) is 9.36. The van der Waals surface area contributed by atoms with Crippen LogP contribution in [0.2, 0.25) is 0 Å². The first-order valence-corrected chi connectivity index (χ1v) is 6.30. The number of imidazole rings is 1. The molecule has 2 N–H and O–H groups in total. The molecule has 1 aromatic rings. The second-order valence-corrected chi connectivity index (χ2v) is 5.09. The maximum absolute atomic E-state index is 10.3. The van der Waals surface area contributed by atoms with E-state index < -0.39 is 0 Å². The second kappa shape index (κ2) is 4.40. The lowest BCUT2D eigenvalue weighted by molar-refractivity contribution is -0.130. The summed E-state index contributed by atoms with van der Waals surface area (Å²) in [7, 11) is 0. The van der Waals surface area contributed by atoms with Gasteiger partial charge in [0.25, 0.3) is 0 Å². The molecule has 0 radical (unpaired) electrons. The number of aromatic nitrogens is 2. The number of aliphatic hydroxyl groups is 1. The van der Waals surface area contributed by atoms with Crippen LogP contribution in [-0.4, -0.2) is 51.4 Å². The molecule has 0 unspecified atom stereocenters. The number of β-amino-alcohol motifs (C(OH)–C–C–N with tert-alkyl or cyclic N) is 1. The van der Waals surface area contributed by atoms with E-state index >= 15 is 0 Å². The summed E-state index contributed by atoms with van der Waals surface area (Å²) in [5.74, 6) is 0. The molecule has 0 saturated carbocycles. The van der Waals surface area contributed by atoms with Gasteiger partial charge in [-0.2, -0.15) is 0 Å². The van der Waals surface area contributed by atoms with E-state index in [-0.39, 0.29) is 11.7 Å². The maximum atomic E-state index is 10.3. The molecule has 2 aliphatic heterocycles. The number of likely N-dealkylation sites (tertiary alicyclic amines) is 1. The Bertz CT molecular complexity index is 360. The fourth-order valence-corrected chi connectivity index (χ4v) is 2.95. The molecule has 0 amide bonds. The minimum Gasteiger partial charge on any atom is -0.389 e. The molecule has 0 aliphatic carbocycles. The number of rotatable bonds is 2. The Kier molecular flexibility index (Phi) is 2.90. The standard InChI is InChI=1S/C12H19N3O2/c16-11-8-15(7-10-6-13-9-14-10)4-3-12(11)2-1-5-17-12/h6,9,11,16H,1-5,7-8H2,(H,13,14)/t11-,12-/m0/s1. The van der Waals surface area contributed by atoms with Crippen LogP contribution >= 0.6 is 0 Å². The summed E-state index contributed by atoms with van der Waals surface area (Å²) in [6.07, 6.45) is 6.19. The highest BCUT2D eigenvalue weighted by Gasteiger charge is 2.45. The van der Waals surface area contributed by atoms with Crippen LogP contribution in [-0.2, 0) is 11.3 Å². The SMILES string of the molecule is O[C@H]1CN(Cc2cnc[nH]2)CC[C@@]12CCCO2. The zero-order valence-corrected chi connectivity index (χ0v) is 9.93. The van der Waals surface area contributed by atoms with E-state index in [0.29, 0.717) is 6.54 Å². The molecule has 3 rings (SSSR count). The van der Waals surface area contributed by atoms with Gasteiger partial charge in [-0.25, -0.2) is 4.98 Å². The van der Waals surface area contributed by atoms with Crippen molar-refractivity contribution in [3.05, 3.63) is 18.2 Å². The van der Waals surface area contributed by atoms with Crippen molar-refractivity contribution in [2.75, 3.05) is 19.7 Å². The van der Waals surface area contributed by atoms with Crippen LogP contribution in [0.25, 0.3) is 0 Å². The van der Waals surface area contributed by atoms with Crippen molar-refractivity contribution in [2.45, 2.75) is 37.5 Å². The van der Waals surface area contributed by atoms with Gasteiger partial charge in [-0.05, 0) is 19.3 Å². The minimum absolute atomic E-state index is 0.246. The summed E-state index contributed by atoms with van der Waals surface area (Å²) in [6.45, 7) is 3.31. The number of nitrogens with zero attached hydrogens (tertiary/aromatic N) is 2. The van der Waals surface area contributed by atoms with E-state index in [2.05, 4.69) is 14.9 Å². The Morgan fingerprint density at radius 2 is 2.53 bits per heavy atom. The predicted molar refractivity (Wildman–Crippen MR) is 62.4 cm³/mol. The highest BCUT2D eigenvalue weighted by Crippen LogP contribution is 2.36. The van der Waals surface area contributed by atoms with Crippen molar-refractivity contribution in [1.82, 2.24) is 14.9 Å². The first-order valence-electron chi connectivity index (χ1n) is 6.30. The number of nitrogens with one attached hydrogen (secondary N) is 1. The van der Waals surface area contributed by atoms with E-state index in [1.165, 1.54) is 0 Å². The molecule has 2 fully saturated rings. The van der Waals surface area contributed by atoms with Gasteiger partial charge >= 0.3 is 0 Å². The third-order valence-corrected chi connectivity index (χ3v) is 3.97. The number of H-pyrrole nitrogens is 1. The monoisotopic (exact) mass is 237 g/mol. The third-order valence-electron chi connectivity index (χ3n) is 3.97. The molecule has 2 atom stereocenters. The molecule has 5 heteroatoms. The van der Waals surface area contributed by atoms with Crippen molar-refractivity contribution in [3.63, 3.8) is 0 Å². The number of aromatic amines is 1. The van der Waals surface area contributed by atoms with Crippen molar-refractivity contribution >= 4 is 0 Å². The van der Waals surface area contributed by atoms with Crippen LogP contribution in [0.3, 0.4) is 0 Å². The fraction of sp³-hybridized carbons (Fsp3) is 0.750. The molecule has 1 spiro atoms. The van der Waals surface area contributed by atoms with Gasteiger partial charge in [0.05, 0.1) is 18.0 Å². The number of ether oxygens (including phenoxy) is 1. The third kappa shape index (κ3) is 2.10. The molecular weight excluding hydrogens is 218 g/mol. The van der Waals surface area contributed by atoms with Gasteiger partial charge in [0.2, 0.25) is 0 Å². The molecule has 5 nitrogen and oxygen atoms in total. The zero-order chi connectivity index (χ0) is 11.7. The Hall–Kier alpha value is -0.910. The van der Waals surface area contributed by atoms with Crippen molar-refractivity contribution in [3.8, 4) is 0 Å². The van der Waals surface area contributed by atoms with Gasteiger partial charge in [0.1, 0.15) is 0 Å². The Morgan fingerprint density at radius 3 is 3.18 bits per heavy atom. The van der Waals surface area contributed by atoms with Gasteiger partial charge < -0.3 is 14.8 Å². The number of hydrogen-bond donors (Lipinski definition) is 2. The topological polar surface area (TPSA) is 61.4 Å². The number of aliphatic hydroxyl groups excluding tert-OH is 1. The summed E-state index contributed by atoms with van der Waals surface area (Å²) in [6, 6.07) is 0. The van der Waals surface area contributed by atoms with E-state index in [1.807, 2.05) is 6.20 Å². The van der Waals surface area contributed by atoms with Crippen LogP contribution in [0.5, 0.6) is 0 Å². The maximum Gasteiger partial charge on any atom is 0.0965 e. The quantitative estimate of drug-likeness (QED) is 0.787. The molecule has 17 heavy (non-hydrogen) atoms. The average molecular weight is 237 g/mol. The lowest BCUT2D eigenvalue weighted by Crippen LogP contribution is -2.54. The highest BCUT2D eigenvalue weighted by molar-refractivity contribution is 5.00. The summed E-state index contributed by atoms with van der Waals surface area (Å²) < 4.78 is 5.78. The van der Waals surface area contributed by atoms with Gasteiger partial charge in [0.15, 0.2) is 0 Å². The first-order chi connectivity index (χ1) is 8.28. The molecule has 2 aliphatic rings. The molecular formula is C12H19N3O2. The van der Waals surface area contributed by atoms with Gasteiger partial charge in [0, 0.05) is 38.1 Å². The van der Waals surface area contributed by atoms with Crippen molar-refractivity contribution in [1.29, 1.82) is 0 Å². The fourth-order valence-electron chi connectivity index (χ4n) is 2.95. The lowest BCUT2D eigenvalue weighted by atomic mass is 9.86. The summed E-state index contributed by atoms with van der Waals surface area (Å²) in [5.41, 5.74) is 0.852. The van der Waals surface area contributed by atoms with Crippen LogP contribution in [0, 0.1) is 0 Å². The van der Waals surface area contributed by atoms with Gasteiger partial charge in [-0.15, -0.1) is 0 Å². The zero-order valence-electron chi connectivity index (χ0n) is 9.93. The van der Waals surface area contributed by atoms with E-state index in [4.69, 9.17) is 4.74 Å². The molecule has 94 valence electrons. The van der Waals surface area contributed by atoms with Crippen LogP contribution in [0.1, 0.15) is 25.0 Å². The summed E-state index contributed by atoms with van der Waals surface area (Å²) in [5, 5.41) is 10.3. The Balaban J connectivity index is 1.61. The lowest BCUT2D eigenvalue weighted by Gasteiger charge is -2.42. The Labute approximate surface area is 101 Å². The van der Waals surface area contributed by atoms with E-state index in [9.17, 15) is 5.11 Å². The Morgan fingerprint density at radius 1 is 1.59 bits per heavy atom. The van der Waals surface area contributed by atoms with Crippen LogP contribution in [0.4, 0.5) is 0 Å². The van der Waals surface area contributed by atoms with E-state index in [1.54, 1.807) is 6.33 Å². The van der Waals surface area contributed by atoms with E-state index in [0.717, 1.165) is 44.7 Å². The minimum atomic E-state index is -0.360. The molecule has 3 heterocycles. The average Bonchev–Trinajstić information content (AvgIpc) is 2.96. The molecule has 0 aromatic carbocycles. The molecule has 0 bridgehead atoms. The van der Waals surface area contributed by atoms with Crippen molar-refractivity contribution < 1.29 is 9.84 Å². The molecule has 2 saturated heterocycles. The highest BCUT2D eigenvalue weighted by atomic mass is 16.5. The largest absolute Gasteiger partial charge is 0.389 e. The number of hydrogen-bond acceptors (Lipinski definition) is 4. The predicted octanol–water partition coefficient (Wildman–Crippen LogP) is 0.525. The molecule has 1 aromatic heterocycles. The second-order valence-electron chi connectivity index (χ2n) is 5.09. The smallest absolute Gasteiger partial charge is 0.0965 e. The van der Waals surface area contributed by atoms with Gasteiger partial charge in [-0.3, -0.25) is 4.90 Å². The summed E-state index contributed by atoms with van der Waals surface area (Å²) >= 11 is 0. The van der Waals surface area contributed by atoms with Gasteiger partial charge in [-0.1, -0.05) is 0 Å². The van der Waals surface area contributed by atoms with Crippen LogP contribution in [0.15, 0.2) is 12.5 Å². The normalized spacial score (nSPS) is 34.5.